The lowest BCUT2D eigenvalue weighted by atomic mass is 9.95. The molecule has 9 heteroatoms. The third-order valence-electron chi connectivity index (χ3n) is 7.55. The maximum Gasteiger partial charge on any atom is 0.244 e. The molecule has 3 aromatic rings. The minimum atomic E-state index is -0.353. The molecule has 1 aromatic carbocycles. The number of carbonyl (C=O) groups is 1. The van der Waals surface area contributed by atoms with Crippen LogP contribution in [-0.2, 0) is 11.3 Å². The van der Waals surface area contributed by atoms with Gasteiger partial charge in [-0.3, -0.25) is 4.79 Å². The van der Waals surface area contributed by atoms with Crippen LogP contribution in [0.5, 0.6) is 0 Å². The number of nitrogens with two attached hydrogens (primary N) is 1. The number of aliphatic hydroxyl groups excluding tert-OH is 1. The molecule has 1 fully saturated rings. The van der Waals surface area contributed by atoms with Crippen molar-refractivity contribution in [2.24, 2.45) is 11.7 Å². The van der Waals surface area contributed by atoms with Crippen LogP contribution in [0.2, 0.25) is 0 Å². The number of rotatable bonds is 9. The second kappa shape index (κ2) is 10.9. The van der Waals surface area contributed by atoms with E-state index in [-0.39, 0.29) is 29.8 Å². The molecular formula is C28H37N7O2. The first-order valence-corrected chi connectivity index (χ1v) is 13.2. The molecule has 0 bridgehead atoms. The van der Waals surface area contributed by atoms with Gasteiger partial charge in [-0.05, 0) is 48.9 Å². The zero-order chi connectivity index (χ0) is 25.9. The van der Waals surface area contributed by atoms with Gasteiger partial charge in [-0.15, -0.1) is 5.10 Å². The highest BCUT2D eigenvalue weighted by atomic mass is 16.3. The maximum atomic E-state index is 11.5. The van der Waals surface area contributed by atoms with Gasteiger partial charge >= 0.3 is 0 Å². The first kappa shape index (κ1) is 25.2. The third-order valence-corrected chi connectivity index (χ3v) is 7.55. The van der Waals surface area contributed by atoms with Crippen LogP contribution in [-0.4, -0.2) is 51.4 Å². The number of anilines is 2. The normalized spacial score (nSPS) is 21.8. The summed E-state index contributed by atoms with van der Waals surface area (Å²) in [4.78, 5) is 16.2. The molecule has 1 aliphatic heterocycles. The lowest BCUT2D eigenvalue weighted by Gasteiger charge is -2.28. The molecule has 6 N–H and O–H groups in total. The number of benzene rings is 1. The summed E-state index contributed by atoms with van der Waals surface area (Å²) in [6, 6.07) is 10.4. The summed E-state index contributed by atoms with van der Waals surface area (Å²) in [5.41, 5.74) is 10.5. The number of piperidine rings is 1. The fraction of sp³-hybridized carbons (Fsp3) is 0.464. The second-order valence-corrected chi connectivity index (χ2v) is 10.5. The Balaban J connectivity index is 1.34. The molecule has 1 unspecified atom stereocenters. The number of aliphatic hydroxyl groups is 1. The Labute approximate surface area is 217 Å². The van der Waals surface area contributed by atoms with Gasteiger partial charge in [-0.1, -0.05) is 44.2 Å². The molecule has 0 radical (unpaired) electrons. The summed E-state index contributed by atoms with van der Waals surface area (Å²) in [5.74, 6) is 2.02. The zero-order valence-corrected chi connectivity index (χ0v) is 21.6. The molecule has 37 heavy (non-hydrogen) atoms. The molecular weight excluding hydrogens is 466 g/mol. The van der Waals surface area contributed by atoms with Gasteiger partial charge < -0.3 is 26.8 Å². The van der Waals surface area contributed by atoms with Crippen molar-refractivity contribution in [3.05, 3.63) is 64.9 Å². The largest absolute Gasteiger partial charge is 0.391 e. The van der Waals surface area contributed by atoms with Crippen molar-refractivity contribution in [3.63, 3.8) is 0 Å². The Morgan fingerprint density at radius 2 is 2.14 bits per heavy atom. The van der Waals surface area contributed by atoms with Crippen LogP contribution in [0, 0.1) is 5.92 Å². The monoisotopic (exact) mass is 503 g/mol. The number of hydrogen-bond donors (Lipinski definition) is 5. The van der Waals surface area contributed by atoms with Crippen molar-refractivity contribution in [2.45, 2.75) is 57.6 Å². The molecule has 1 saturated heterocycles. The molecule has 0 spiro atoms. The minimum Gasteiger partial charge on any atom is -0.391 e. The predicted octanol–water partition coefficient (Wildman–Crippen LogP) is 3.14. The number of fused-ring (bicyclic) bond motifs is 1. The smallest absolute Gasteiger partial charge is 0.244 e. The number of aromatic nitrogens is 3. The highest BCUT2D eigenvalue weighted by Gasteiger charge is 2.25. The minimum absolute atomic E-state index is 0.192. The van der Waals surface area contributed by atoms with Crippen molar-refractivity contribution < 1.29 is 9.90 Å². The summed E-state index contributed by atoms with van der Waals surface area (Å²) < 4.78 is 1.87. The SMILES string of the molecule is CC(C)c1c(NC[C@H]2CCNC[C@@H]2O)nn2c(NCc3cccc(C4C=C(C(N)=O)CC4)c3)ccnc12. The Morgan fingerprint density at radius 3 is 2.89 bits per heavy atom. The Hall–Kier alpha value is -3.43. The lowest BCUT2D eigenvalue weighted by molar-refractivity contribution is -0.114. The summed E-state index contributed by atoms with van der Waals surface area (Å²) in [7, 11) is 0. The van der Waals surface area contributed by atoms with Crippen LogP contribution in [0.15, 0.2) is 48.2 Å². The molecule has 2 aromatic heterocycles. The molecule has 0 saturated carbocycles. The Kier molecular flexibility index (Phi) is 7.43. The number of primary amides is 1. The Bertz CT molecular complexity index is 1300. The predicted molar refractivity (Wildman–Crippen MR) is 146 cm³/mol. The number of allylic oxidation sites excluding steroid dienone is 1. The van der Waals surface area contributed by atoms with E-state index in [1.807, 2.05) is 22.9 Å². The van der Waals surface area contributed by atoms with Gasteiger partial charge in [0.2, 0.25) is 5.91 Å². The zero-order valence-electron chi connectivity index (χ0n) is 21.6. The van der Waals surface area contributed by atoms with E-state index in [4.69, 9.17) is 10.8 Å². The quantitative estimate of drug-likeness (QED) is 0.303. The molecule has 196 valence electrons. The first-order valence-electron chi connectivity index (χ1n) is 13.2. The average molecular weight is 504 g/mol. The van der Waals surface area contributed by atoms with Crippen molar-refractivity contribution in [2.75, 3.05) is 30.3 Å². The number of nitrogens with one attached hydrogen (secondary N) is 3. The summed E-state index contributed by atoms with van der Waals surface area (Å²) in [6.45, 7) is 7.16. The molecule has 3 atom stereocenters. The standard InChI is InChI=1S/C28H37N7O2/c1-17(2)25-27(33-15-22-8-10-30-16-23(22)36)34-35-24(9-11-31-28(25)35)32-14-18-4-3-5-19(12-18)20-6-7-21(13-20)26(29)37/h3-5,9,11-13,17,20,22-23,30,32,36H,6-8,10,14-16H2,1-2H3,(H2,29,37)(H,33,34)/t20?,22-,23+/m1/s1. The number of hydrogen-bond acceptors (Lipinski definition) is 7. The van der Waals surface area contributed by atoms with E-state index in [2.05, 4.69) is 59.0 Å². The molecule has 5 rings (SSSR count). The first-order chi connectivity index (χ1) is 17.9. The second-order valence-electron chi connectivity index (χ2n) is 10.5. The number of carbonyl (C=O) groups excluding carboxylic acids is 1. The highest BCUT2D eigenvalue weighted by molar-refractivity contribution is 5.92. The number of amides is 1. The van der Waals surface area contributed by atoms with Crippen LogP contribution < -0.4 is 21.7 Å². The van der Waals surface area contributed by atoms with Gasteiger partial charge in [-0.25, -0.2) is 4.98 Å². The fourth-order valence-corrected chi connectivity index (χ4v) is 5.44. The van der Waals surface area contributed by atoms with Gasteiger partial charge in [0.05, 0.1) is 6.10 Å². The van der Waals surface area contributed by atoms with E-state index >= 15 is 0 Å². The molecule has 1 aliphatic carbocycles. The van der Waals surface area contributed by atoms with Crippen molar-refractivity contribution >= 4 is 23.2 Å². The number of nitrogens with zero attached hydrogens (tertiary/aromatic N) is 3. The molecule has 2 aliphatic rings. The van der Waals surface area contributed by atoms with Crippen LogP contribution >= 0.6 is 0 Å². The van der Waals surface area contributed by atoms with E-state index in [1.165, 1.54) is 5.56 Å². The lowest BCUT2D eigenvalue weighted by Crippen LogP contribution is -2.43. The van der Waals surface area contributed by atoms with E-state index in [1.54, 1.807) is 0 Å². The Morgan fingerprint density at radius 1 is 1.27 bits per heavy atom. The van der Waals surface area contributed by atoms with Crippen LogP contribution in [0.1, 0.15) is 61.6 Å². The van der Waals surface area contributed by atoms with Crippen molar-refractivity contribution in [3.8, 4) is 0 Å². The maximum absolute atomic E-state index is 11.5. The van der Waals surface area contributed by atoms with Crippen molar-refractivity contribution in [1.82, 2.24) is 19.9 Å². The molecule has 9 nitrogen and oxygen atoms in total. The van der Waals surface area contributed by atoms with E-state index < -0.39 is 0 Å². The van der Waals surface area contributed by atoms with Crippen LogP contribution in [0.4, 0.5) is 11.6 Å². The average Bonchev–Trinajstić information content (AvgIpc) is 3.53. The van der Waals surface area contributed by atoms with Gasteiger partial charge in [0.1, 0.15) is 5.82 Å². The van der Waals surface area contributed by atoms with Crippen molar-refractivity contribution in [1.29, 1.82) is 0 Å². The summed E-state index contributed by atoms with van der Waals surface area (Å²) in [6.07, 6.45) is 6.06. The van der Waals surface area contributed by atoms with E-state index in [0.717, 1.165) is 59.8 Å². The number of β-amino-alcohol motifs (C(OH)–C–C–N with tert-alkyl or cyclic N) is 1. The molecule has 3 heterocycles. The van der Waals surface area contributed by atoms with Crippen LogP contribution in [0.3, 0.4) is 0 Å². The van der Waals surface area contributed by atoms with Gasteiger partial charge in [0.15, 0.2) is 11.5 Å². The summed E-state index contributed by atoms with van der Waals surface area (Å²) >= 11 is 0. The third kappa shape index (κ3) is 5.47. The highest BCUT2D eigenvalue weighted by Crippen LogP contribution is 2.33. The topological polar surface area (TPSA) is 130 Å². The van der Waals surface area contributed by atoms with Gasteiger partial charge in [0.25, 0.3) is 0 Å². The molecule has 1 amide bonds. The van der Waals surface area contributed by atoms with Crippen LogP contribution in [0.25, 0.3) is 5.65 Å². The van der Waals surface area contributed by atoms with Gasteiger partial charge in [0, 0.05) is 48.8 Å². The fourth-order valence-electron chi connectivity index (χ4n) is 5.44. The van der Waals surface area contributed by atoms with E-state index in [9.17, 15) is 9.90 Å². The van der Waals surface area contributed by atoms with E-state index in [0.29, 0.717) is 19.6 Å². The van der Waals surface area contributed by atoms with Gasteiger partial charge in [-0.2, -0.15) is 4.52 Å². The summed E-state index contributed by atoms with van der Waals surface area (Å²) in [5, 5.41) is 25.5.